The van der Waals surface area contributed by atoms with E-state index in [0.717, 1.165) is 24.0 Å². The molecule has 0 fully saturated rings. The Morgan fingerprint density at radius 2 is 2.04 bits per heavy atom. The molecule has 4 heteroatoms. The van der Waals surface area contributed by atoms with Crippen LogP contribution in [0.15, 0.2) is 77.5 Å². The van der Waals surface area contributed by atoms with Crippen molar-refractivity contribution in [2.75, 3.05) is 0 Å². The summed E-state index contributed by atoms with van der Waals surface area (Å²) in [5.41, 5.74) is 10.1. The topological polar surface area (TPSA) is 60.9 Å². The maximum absolute atomic E-state index is 10.9. The first-order chi connectivity index (χ1) is 12.7. The summed E-state index contributed by atoms with van der Waals surface area (Å²) in [7, 11) is 0. The van der Waals surface area contributed by atoms with E-state index < -0.39 is 5.91 Å². The number of rotatable bonds is 6. The van der Waals surface area contributed by atoms with Crippen molar-refractivity contribution in [2.45, 2.75) is 53.5 Å². The summed E-state index contributed by atoms with van der Waals surface area (Å²) in [6.45, 7) is 10.8. The highest BCUT2D eigenvalue weighted by atomic mass is 16.1. The first-order valence-corrected chi connectivity index (χ1v) is 9.40. The molecule has 1 aromatic heterocycles. The van der Waals surface area contributed by atoms with Crippen molar-refractivity contribution in [3.8, 4) is 0 Å². The van der Waals surface area contributed by atoms with Crippen molar-refractivity contribution in [3.05, 3.63) is 77.5 Å². The summed E-state index contributed by atoms with van der Waals surface area (Å²) in [6.07, 6.45) is 19.8. The van der Waals surface area contributed by atoms with Crippen molar-refractivity contribution in [3.63, 3.8) is 0 Å². The minimum atomic E-state index is -0.424. The van der Waals surface area contributed by atoms with Crippen molar-refractivity contribution in [2.24, 2.45) is 11.1 Å². The molecule has 2 rings (SSSR count). The summed E-state index contributed by atoms with van der Waals surface area (Å²) < 4.78 is 2.21. The van der Waals surface area contributed by atoms with Crippen LogP contribution in [0.25, 0.3) is 0 Å². The van der Waals surface area contributed by atoms with E-state index in [9.17, 15) is 4.79 Å². The van der Waals surface area contributed by atoms with Crippen LogP contribution in [-0.2, 0) is 4.79 Å². The van der Waals surface area contributed by atoms with Crippen molar-refractivity contribution < 1.29 is 4.79 Å². The molecule has 4 nitrogen and oxygen atoms in total. The Balaban J connectivity index is 2.21. The predicted molar refractivity (Wildman–Crippen MR) is 112 cm³/mol. The third-order valence-corrected chi connectivity index (χ3v) is 5.18. The van der Waals surface area contributed by atoms with E-state index in [1.54, 1.807) is 0 Å². The van der Waals surface area contributed by atoms with Crippen LogP contribution in [0.1, 0.15) is 53.5 Å². The first-order valence-electron chi connectivity index (χ1n) is 9.40. The Morgan fingerprint density at radius 1 is 1.30 bits per heavy atom. The number of allylic oxidation sites excluding steroid dienone is 9. The molecule has 0 saturated heterocycles. The molecule has 1 amide bonds. The lowest BCUT2D eigenvalue weighted by Gasteiger charge is -2.37. The van der Waals surface area contributed by atoms with Gasteiger partial charge in [0.05, 0.1) is 12.4 Å². The van der Waals surface area contributed by atoms with Crippen molar-refractivity contribution >= 4 is 5.91 Å². The van der Waals surface area contributed by atoms with Crippen LogP contribution in [-0.4, -0.2) is 15.5 Å². The predicted octanol–water partition coefficient (Wildman–Crippen LogP) is 5.05. The highest BCUT2D eigenvalue weighted by Gasteiger charge is 2.32. The number of hydrogen-bond donors (Lipinski definition) is 1. The van der Waals surface area contributed by atoms with Crippen molar-refractivity contribution in [1.82, 2.24) is 9.55 Å². The number of amides is 1. The minimum absolute atomic E-state index is 0.161. The largest absolute Gasteiger partial charge is 0.366 e. The van der Waals surface area contributed by atoms with Crippen LogP contribution in [0.4, 0.5) is 0 Å². The van der Waals surface area contributed by atoms with E-state index in [4.69, 9.17) is 5.73 Å². The van der Waals surface area contributed by atoms with Crippen LogP contribution >= 0.6 is 0 Å². The van der Waals surface area contributed by atoms with Gasteiger partial charge in [-0.15, -0.1) is 0 Å². The Morgan fingerprint density at radius 3 is 2.67 bits per heavy atom. The Labute approximate surface area is 162 Å². The number of hydrogen-bond acceptors (Lipinski definition) is 2. The lowest BCUT2D eigenvalue weighted by molar-refractivity contribution is -0.113. The van der Waals surface area contributed by atoms with Crippen LogP contribution in [0, 0.1) is 5.41 Å². The summed E-state index contributed by atoms with van der Waals surface area (Å²) in [5, 5.41) is 0. The number of nitrogens with zero attached hydrogens (tertiary/aromatic N) is 2. The van der Waals surface area contributed by atoms with Gasteiger partial charge in [-0.1, -0.05) is 49.8 Å². The quantitative estimate of drug-likeness (QED) is 0.566. The molecule has 0 bridgehead atoms. The molecule has 0 saturated carbocycles. The normalized spacial score (nSPS) is 21.4. The number of imidazole rings is 1. The van der Waals surface area contributed by atoms with Gasteiger partial charge in [0.25, 0.3) is 0 Å². The fourth-order valence-electron chi connectivity index (χ4n) is 3.64. The van der Waals surface area contributed by atoms with E-state index in [1.165, 1.54) is 17.2 Å². The van der Waals surface area contributed by atoms with Crippen LogP contribution in [0.3, 0.4) is 0 Å². The van der Waals surface area contributed by atoms with Gasteiger partial charge in [0.15, 0.2) is 0 Å². The average Bonchev–Trinajstić information content (AvgIpc) is 3.07. The van der Waals surface area contributed by atoms with Crippen LogP contribution < -0.4 is 5.73 Å². The van der Waals surface area contributed by atoms with Gasteiger partial charge in [-0.05, 0) is 55.7 Å². The fourth-order valence-corrected chi connectivity index (χ4v) is 3.64. The number of aromatic nitrogens is 2. The Bertz CT molecular complexity index is 818. The van der Waals surface area contributed by atoms with Gasteiger partial charge in [-0.3, -0.25) is 4.79 Å². The number of carbonyl (C=O) groups is 1. The van der Waals surface area contributed by atoms with Gasteiger partial charge in [0.2, 0.25) is 5.91 Å². The summed E-state index contributed by atoms with van der Waals surface area (Å²) >= 11 is 0. The molecule has 2 N–H and O–H groups in total. The molecule has 1 aromatic rings. The Kier molecular flexibility index (Phi) is 6.78. The number of nitrogens with two attached hydrogens (primary N) is 1. The van der Waals surface area contributed by atoms with Gasteiger partial charge >= 0.3 is 0 Å². The maximum Gasteiger partial charge on any atom is 0.241 e. The van der Waals surface area contributed by atoms with Gasteiger partial charge in [-0.2, -0.15) is 0 Å². The molecule has 27 heavy (non-hydrogen) atoms. The van der Waals surface area contributed by atoms with Crippen LogP contribution in [0.2, 0.25) is 0 Å². The monoisotopic (exact) mass is 365 g/mol. The molecule has 0 aromatic carbocycles. The van der Waals surface area contributed by atoms with Gasteiger partial charge < -0.3 is 10.3 Å². The average molecular weight is 366 g/mol. The number of primary amides is 1. The van der Waals surface area contributed by atoms with Gasteiger partial charge in [-0.25, -0.2) is 4.98 Å². The molecule has 1 atom stereocenters. The van der Waals surface area contributed by atoms with E-state index in [1.807, 2.05) is 43.9 Å². The molecule has 0 aliphatic heterocycles. The first kappa shape index (κ1) is 20.7. The Hall–Kier alpha value is -2.62. The zero-order valence-electron chi connectivity index (χ0n) is 17.1. The van der Waals surface area contributed by atoms with Crippen molar-refractivity contribution in [1.29, 1.82) is 0 Å². The van der Waals surface area contributed by atoms with E-state index in [-0.39, 0.29) is 5.41 Å². The lowest BCUT2D eigenvalue weighted by Crippen LogP contribution is -2.25. The zero-order valence-corrected chi connectivity index (χ0v) is 17.1. The molecule has 1 heterocycles. The van der Waals surface area contributed by atoms with E-state index >= 15 is 0 Å². The highest BCUT2D eigenvalue weighted by molar-refractivity contribution is 5.86. The third-order valence-electron chi connectivity index (χ3n) is 5.18. The summed E-state index contributed by atoms with van der Waals surface area (Å²) in [6, 6.07) is 0.381. The SMILES string of the molecule is CC(C=CC1=C(C)C(n2ccnc2)CCC1(C)C)=CC=CC(C)=CC(N)=O. The third kappa shape index (κ3) is 5.68. The summed E-state index contributed by atoms with van der Waals surface area (Å²) in [5.74, 6) is -0.424. The fraction of sp³-hybridized carbons (Fsp3) is 0.391. The number of carbonyl (C=O) groups excluding carboxylic acids is 1. The van der Waals surface area contributed by atoms with Gasteiger partial charge in [0, 0.05) is 18.5 Å². The molecular weight excluding hydrogens is 334 g/mol. The molecule has 1 aliphatic rings. The smallest absolute Gasteiger partial charge is 0.241 e. The van der Waals surface area contributed by atoms with Gasteiger partial charge in [0.1, 0.15) is 0 Å². The highest BCUT2D eigenvalue weighted by Crippen LogP contribution is 2.45. The molecule has 0 spiro atoms. The second-order valence-electron chi connectivity index (χ2n) is 7.94. The van der Waals surface area contributed by atoms with E-state index in [0.29, 0.717) is 6.04 Å². The molecular formula is C23H31N3O. The minimum Gasteiger partial charge on any atom is -0.366 e. The molecule has 1 aliphatic carbocycles. The lowest BCUT2D eigenvalue weighted by atomic mass is 9.71. The molecule has 1 unspecified atom stereocenters. The second kappa shape index (κ2) is 8.85. The standard InChI is InChI=1S/C23H31N3O/c1-17(7-6-8-18(2)15-22(24)27)9-10-20-19(3)21(11-12-23(20,4)5)26-14-13-25-16-26/h6-10,13-16,21H,11-12H2,1-5H3,(H2,24,27). The summed E-state index contributed by atoms with van der Waals surface area (Å²) in [4.78, 5) is 15.1. The second-order valence-corrected chi connectivity index (χ2v) is 7.94. The van der Waals surface area contributed by atoms with E-state index in [2.05, 4.69) is 49.4 Å². The molecule has 0 radical (unpaired) electrons. The molecule has 144 valence electrons. The maximum atomic E-state index is 10.9. The van der Waals surface area contributed by atoms with Crippen LogP contribution in [0.5, 0.6) is 0 Å². The zero-order chi connectivity index (χ0) is 20.0.